The molecule has 6 heteroatoms. The molecule has 17 heavy (non-hydrogen) atoms. The highest BCUT2D eigenvalue weighted by atomic mass is 15.3. The first-order chi connectivity index (χ1) is 8.42. The maximum Gasteiger partial charge on any atom is 0.202 e. The first kappa shape index (κ1) is 8.51. The Labute approximate surface area is 94.7 Å². The molecule has 0 aliphatic heterocycles. The lowest BCUT2D eigenvalue weighted by Gasteiger charge is -2.00. The van der Waals surface area contributed by atoms with Crippen LogP contribution in [0.3, 0.4) is 0 Å². The molecular weight excluding hydrogens is 216 g/mol. The highest BCUT2D eigenvalue weighted by molar-refractivity contribution is 6.06. The van der Waals surface area contributed by atoms with Crippen LogP contribution in [0.1, 0.15) is 0 Å². The van der Waals surface area contributed by atoms with Gasteiger partial charge < -0.3 is 0 Å². The third-order valence-corrected chi connectivity index (χ3v) is 2.76. The molecule has 0 aliphatic rings. The fourth-order valence-corrected chi connectivity index (χ4v) is 1.97. The second-order valence-electron chi connectivity index (χ2n) is 3.75. The van der Waals surface area contributed by atoms with Gasteiger partial charge in [-0.15, -0.1) is 5.10 Å². The van der Waals surface area contributed by atoms with Crippen LogP contribution in [0.25, 0.3) is 33.0 Å². The average Bonchev–Trinajstić information content (AvgIpc) is 2.83. The van der Waals surface area contributed by atoms with Gasteiger partial charge in [-0.3, -0.25) is 0 Å². The molecule has 3 aromatic heterocycles. The normalized spacial score (nSPS) is 11.5. The van der Waals surface area contributed by atoms with Crippen LogP contribution in [-0.2, 0) is 0 Å². The average molecular weight is 222 g/mol. The van der Waals surface area contributed by atoms with Gasteiger partial charge >= 0.3 is 0 Å². The Balaban J connectivity index is 2.30. The van der Waals surface area contributed by atoms with Crippen LogP contribution >= 0.6 is 0 Å². The molecule has 0 atom stereocenters. The molecule has 3 heterocycles. The number of nitrogens with zero attached hydrogens (tertiary/aromatic N) is 5. The first-order valence-corrected chi connectivity index (χ1v) is 5.12. The first-order valence-electron chi connectivity index (χ1n) is 5.12. The van der Waals surface area contributed by atoms with Gasteiger partial charge in [0.25, 0.3) is 0 Å². The van der Waals surface area contributed by atoms with E-state index in [1.165, 1.54) is 6.33 Å². The van der Waals surface area contributed by atoms with E-state index in [2.05, 4.69) is 30.4 Å². The summed E-state index contributed by atoms with van der Waals surface area (Å²) in [4.78, 5) is 12.7. The Morgan fingerprint density at radius 2 is 2.06 bits per heavy atom. The lowest BCUT2D eigenvalue weighted by atomic mass is 10.1. The highest BCUT2D eigenvalue weighted by Crippen LogP contribution is 2.23. The summed E-state index contributed by atoms with van der Waals surface area (Å²) in [6.45, 7) is 0. The number of aromatic amines is 1. The number of nitrogens with one attached hydrogen (secondary N) is 1. The Bertz CT molecular complexity index is 850. The monoisotopic (exact) mass is 222 g/mol. The fraction of sp³-hybridized carbons (Fsp3) is 0. The van der Waals surface area contributed by atoms with Crippen molar-refractivity contribution < 1.29 is 0 Å². The third-order valence-electron chi connectivity index (χ3n) is 2.76. The molecular formula is C11H6N6. The van der Waals surface area contributed by atoms with Gasteiger partial charge in [0.05, 0.1) is 11.0 Å². The number of pyridine rings is 1. The van der Waals surface area contributed by atoms with Crippen molar-refractivity contribution in [2.75, 3.05) is 0 Å². The molecule has 1 aromatic carbocycles. The number of fused-ring (bicyclic) bond motifs is 4. The summed E-state index contributed by atoms with van der Waals surface area (Å²) < 4.78 is 0. The van der Waals surface area contributed by atoms with E-state index in [1.54, 1.807) is 6.20 Å². The maximum absolute atomic E-state index is 4.42. The molecule has 0 unspecified atom stereocenters. The molecule has 6 nitrogen and oxygen atoms in total. The number of hydrogen-bond acceptors (Lipinski definition) is 5. The van der Waals surface area contributed by atoms with Crippen LogP contribution in [-0.4, -0.2) is 30.4 Å². The van der Waals surface area contributed by atoms with Gasteiger partial charge in [0.1, 0.15) is 11.8 Å². The molecule has 80 valence electrons. The summed E-state index contributed by atoms with van der Waals surface area (Å²) in [5.74, 6) is 0. The second kappa shape index (κ2) is 2.94. The van der Waals surface area contributed by atoms with Crippen molar-refractivity contribution in [3.05, 3.63) is 30.7 Å². The van der Waals surface area contributed by atoms with Gasteiger partial charge in [-0.1, -0.05) is 0 Å². The molecule has 0 fully saturated rings. The molecule has 0 saturated carbocycles. The van der Waals surface area contributed by atoms with E-state index in [0.717, 1.165) is 27.3 Å². The molecule has 0 saturated heterocycles. The molecule has 4 rings (SSSR count). The van der Waals surface area contributed by atoms with Crippen LogP contribution in [0.4, 0.5) is 0 Å². The number of H-pyrrole nitrogens is 1. The van der Waals surface area contributed by atoms with Crippen LogP contribution in [0, 0.1) is 0 Å². The van der Waals surface area contributed by atoms with Crippen molar-refractivity contribution in [2.24, 2.45) is 0 Å². The van der Waals surface area contributed by atoms with Crippen LogP contribution in [0.15, 0.2) is 30.7 Å². The van der Waals surface area contributed by atoms with E-state index in [-0.39, 0.29) is 0 Å². The third kappa shape index (κ3) is 1.12. The van der Waals surface area contributed by atoms with Crippen LogP contribution < -0.4 is 0 Å². The van der Waals surface area contributed by atoms with Gasteiger partial charge in [-0.25, -0.2) is 15.0 Å². The van der Waals surface area contributed by atoms with Gasteiger partial charge in [-0.2, -0.15) is 10.3 Å². The summed E-state index contributed by atoms with van der Waals surface area (Å²) in [5, 5.41) is 12.5. The number of rotatable bonds is 0. The Morgan fingerprint density at radius 1 is 1.06 bits per heavy atom. The SMILES string of the molecule is c1ncc2ccc3nc4n[nH]nc4cc3c2n1. The Kier molecular flexibility index (Phi) is 1.47. The molecule has 0 radical (unpaired) electrons. The fourth-order valence-electron chi connectivity index (χ4n) is 1.97. The number of benzene rings is 1. The maximum atomic E-state index is 4.42. The molecule has 0 aliphatic carbocycles. The highest BCUT2D eigenvalue weighted by Gasteiger charge is 2.06. The summed E-state index contributed by atoms with van der Waals surface area (Å²) >= 11 is 0. The predicted octanol–water partition coefficient (Wildman–Crippen LogP) is 1.45. The summed E-state index contributed by atoms with van der Waals surface area (Å²) in [5.41, 5.74) is 3.10. The predicted molar refractivity (Wildman–Crippen MR) is 62.3 cm³/mol. The van der Waals surface area contributed by atoms with Gasteiger partial charge in [0.15, 0.2) is 0 Å². The largest absolute Gasteiger partial charge is 0.244 e. The minimum Gasteiger partial charge on any atom is -0.244 e. The minimum atomic E-state index is 0.617. The quantitative estimate of drug-likeness (QED) is 0.455. The molecule has 0 spiro atoms. The van der Waals surface area contributed by atoms with Crippen LogP contribution in [0.2, 0.25) is 0 Å². The molecule has 0 bridgehead atoms. The Morgan fingerprint density at radius 3 is 3.06 bits per heavy atom. The van der Waals surface area contributed by atoms with E-state index in [0.29, 0.717) is 5.65 Å². The van der Waals surface area contributed by atoms with Crippen molar-refractivity contribution in [2.45, 2.75) is 0 Å². The lowest BCUT2D eigenvalue weighted by molar-refractivity contribution is 0.955. The van der Waals surface area contributed by atoms with Crippen molar-refractivity contribution in [1.29, 1.82) is 0 Å². The Hall–Kier alpha value is -2.63. The zero-order chi connectivity index (χ0) is 11.2. The van der Waals surface area contributed by atoms with E-state index in [4.69, 9.17) is 0 Å². The van der Waals surface area contributed by atoms with E-state index in [9.17, 15) is 0 Å². The summed E-state index contributed by atoms with van der Waals surface area (Å²) in [6, 6.07) is 5.84. The van der Waals surface area contributed by atoms with Crippen LogP contribution in [0.5, 0.6) is 0 Å². The van der Waals surface area contributed by atoms with Gasteiger partial charge in [0.2, 0.25) is 5.65 Å². The van der Waals surface area contributed by atoms with Crippen molar-refractivity contribution >= 4 is 33.0 Å². The minimum absolute atomic E-state index is 0.617. The molecule has 1 N–H and O–H groups in total. The van der Waals surface area contributed by atoms with Crippen molar-refractivity contribution in [3.8, 4) is 0 Å². The number of hydrogen-bond donors (Lipinski definition) is 1. The van der Waals surface area contributed by atoms with Crippen molar-refractivity contribution in [1.82, 2.24) is 30.4 Å². The molecule has 0 amide bonds. The smallest absolute Gasteiger partial charge is 0.202 e. The summed E-state index contributed by atoms with van der Waals surface area (Å²) in [6.07, 6.45) is 3.32. The van der Waals surface area contributed by atoms with E-state index in [1.807, 2.05) is 18.2 Å². The number of aromatic nitrogens is 6. The van der Waals surface area contributed by atoms with Gasteiger partial charge in [-0.05, 0) is 18.2 Å². The van der Waals surface area contributed by atoms with E-state index >= 15 is 0 Å². The second-order valence-corrected chi connectivity index (χ2v) is 3.75. The zero-order valence-electron chi connectivity index (χ0n) is 8.62. The molecule has 4 aromatic rings. The van der Waals surface area contributed by atoms with Gasteiger partial charge in [0, 0.05) is 17.0 Å². The topological polar surface area (TPSA) is 80.2 Å². The standard InChI is InChI=1S/C11H6N6/c1-2-8-7(10-6(1)4-12-5-13-10)3-9-11(14-8)16-17-15-9/h1-5H,(H,14,15,16,17). The van der Waals surface area contributed by atoms with Crippen molar-refractivity contribution in [3.63, 3.8) is 0 Å². The zero-order valence-corrected chi connectivity index (χ0v) is 8.62. The lowest BCUT2D eigenvalue weighted by Crippen LogP contribution is -1.86. The van der Waals surface area contributed by atoms with E-state index < -0.39 is 0 Å². The summed E-state index contributed by atoms with van der Waals surface area (Å²) in [7, 11) is 0.